The number of nitrogens with zero attached hydrogens (tertiary/aromatic N) is 2. The summed E-state index contributed by atoms with van der Waals surface area (Å²) < 4.78 is 0. The lowest BCUT2D eigenvalue weighted by Gasteiger charge is -2.09. The highest BCUT2D eigenvalue weighted by Crippen LogP contribution is 2.31. The number of benzene rings is 3. The van der Waals surface area contributed by atoms with E-state index >= 15 is 0 Å². The minimum atomic E-state index is 0.0223. The summed E-state index contributed by atoms with van der Waals surface area (Å²) in [5.74, 6) is 1.58. The van der Waals surface area contributed by atoms with Gasteiger partial charge in [0.1, 0.15) is 23.3 Å². The van der Waals surface area contributed by atoms with Gasteiger partial charge in [0.2, 0.25) is 0 Å². The molecule has 5 rings (SSSR count). The van der Waals surface area contributed by atoms with Gasteiger partial charge in [-0.25, -0.2) is 9.97 Å². The monoisotopic (exact) mass is 422 g/mol. The standard InChI is InChI=1S/C24H22N8/c1-11-7-16(24-30-18-6-4-14(22(27)28)10-20(18)32-24)12(2)8-15(11)23-29-17-5-3-13(21(25)26)9-19(17)31-23/h3-10H,1-2H3,(H3,25,26)(H3,27,28)(H,29,31)(H,30,32). The Morgan fingerprint density at radius 1 is 0.688 bits per heavy atom. The average Bonchev–Trinajstić information content (AvgIpc) is 3.37. The molecule has 8 N–H and O–H groups in total. The van der Waals surface area contributed by atoms with E-state index in [9.17, 15) is 0 Å². The minimum absolute atomic E-state index is 0.0223. The number of aryl methyl sites for hydroxylation is 2. The normalized spacial score (nSPS) is 11.3. The molecule has 8 nitrogen and oxygen atoms in total. The van der Waals surface area contributed by atoms with Crippen LogP contribution >= 0.6 is 0 Å². The van der Waals surface area contributed by atoms with E-state index in [-0.39, 0.29) is 11.7 Å². The molecular weight excluding hydrogens is 400 g/mol. The maximum absolute atomic E-state index is 7.64. The van der Waals surface area contributed by atoms with E-state index in [0.29, 0.717) is 11.1 Å². The number of aromatic amines is 2. The fraction of sp³-hybridized carbons (Fsp3) is 0.0833. The molecule has 0 saturated carbocycles. The van der Waals surface area contributed by atoms with Gasteiger partial charge in [-0.1, -0.05) is 0 Å². The Morgan fingerprint density at radius 3 is 1.47 bits per heavy atom. The number of nitrogens with two attached hydrogens (primary N) is 2. The molecule has 0 bridgehead atoms. The van der Waals surface area contributed by atoms with E-state index in [1.54, 1.807) is 0 Å². The summed E-state index contributed by atoms with van der Waals surface area (Å²) in [7, 11) is 0. The number of hydrogen-bond donors (Lipinski definition) is 6. The highest BCUT2D eigenvalue weighted by Gasteiger charge is 2.15. The number of hydrogen-bond acceptors (Lipinski definition) is 4. The van der Waals surface area contributed by atoms with Crippen LogP contribution in [0.15, 0.2) is 48.5 Å². The molecule has 0 saturated heterocycles. The van der Waals surface area contributed by atoms with Crippen LogP contribution in [0.2, 0.25) is 0 Å². The summed E-state index contributed by atoms with van der Waals surface area (Å²) in [4.78, 5) is 16.2. The van der Waals surface area contributed by atoms with Crippen molar-refractivity contribution in [1.82, 2.24) is 19.9 Å². The number of imidazole rings is 2. The van der Waals surface area contributed by atoms with Crippen LogP contribution in [-0.4, -0.2) is 31.6 Å². The van der Waals surface area contributed by atoms with E-state index in [4.69, 9.17) is 32.3 Å². The molecular formula is C24H22N8. The average molecular weight is 422 g/mol. The summed E-state index contributed by atoms with van der Waals surface area (Å²) in [5, 5.41) is 15.3. The first-order chi connectivity index (χ1) is 15.3. The van der Waals surface area contributed by atoms with Crippen molar-refractivity contribution in [2.24, 2.45) is 11.5 Å². The van der Waals surface area contributed by atoms with E-state index < -0.39 is 0 Å². The molecule has 2 aromatic heterocycles. The number of fused-ring (bicyclic) bond motifs is 2. The number of nitrogens with one attached hydrogen (secondary N) is 4. The van der Waals surface area contributed by atoms with Crippen LogP contribution in [0.3, 0.4) is 0 Å². The van der Waals surface area contributed by atoms with Crippen molar-refractivity contribution < 1.29 is 0 Å². The largest absolute Gasteiger partial charge is 0.384 e. The zero-order chi connectivity index (χ0) is 22.6. The van der Waals surface area contributed by atoms with Gasteiger partial charge in [-0.05, 0) is 73.5 Å². The van der Waals surface area contributed by atoms with Crippen LogP contribution in [0, 0.1) is 24.7 Å². The Morgan fingerprint density at radius 2 is 1.09 bits per heavy atom. The predicted octanol–water partition coefficient (Wildman–Crippen LogP) is 3.96. The van der Waals surface area contributed by atoms with Crippen molar-refractivity contribution in [3.05, 3.63) is 70.8 Å². The molecule has 0 atom stereocenters. The van der Waals surface area contributed by atoms with Gasteiger partial charge in [0, 0.05) is 22.3 Å². The van der Waals surface area contributed by atoms with E-state index in [1.165, 1.54) is 0 Å². The molecule has 2 heterocycles. The molecule has 32 heavy (non-hydrogen) atoms. The molecule has 0 radical (unpaired) electrons. The van der Waals surface area contributed by atoms with Gasteiger partial charge in [-0.2, -0.15) is 0 Å². The molecule has 0 amide bonds. The maximum Gasteiger partial charge on any atom is 0.138 e. The number of nitrogen functional groups attached to an aromatic ring is 2. The van der Waals surface area contributed by atoms with E-state index in [2.05, 4.69) is 22.1 Å². The number of amidine groups is 2. The molecule has 0 spiro atoms. The van der Waals surface area contributed by atoms with Crippen LogP contribution in [-0.2, 0) is 0 Å². The lowest BCUT2D eigenvalue weighted by atomic mass is 9.99. The number of H-pyrrole nitrogens is 2. The van der Waals surface area contributed by atoms with E-state index in [0.717, 1.165) is 56.0 Å². The highest BCUT2D eigenvalue weighted by atomic mass is 14.9. The Balaban J connectivity index is 1.58. The summed E-state index contributed by atoms with van der Waals surface area (Å²) >= 11 is 0. The minimum Gasteiger partial charge on any atom is -0.384 e. The summed E-state index contributed by atoms with van der Waals surface area (Å²) in [6.45, 7) is 4.09. The van der Waals surface area contributed by atoms with Crippen LogP contribution in [0.4, 0.5) is 0 Å². The molecule has 0 aliphatic heterocycles. The predicted molar refractivity (Wildman–Crippen MR) is 128 cm³/mol. The van der Waals surface area contributed by atoms with Crippen LogP contribution in [0.25, 0.3) is 44.8 Å². The first-order valence-electron chi connectivity index (χ1n) is 10.1. The lowest BCUT2D eigenvalue weighted by Crippen LogP contribution is -2.10. The van der Waals surface area contributed by atoms with Crippen molar-refractivity contribution in [2.75, 3.05) is 0 Å². The number of aromatic nitrogens is 4. The molecule has 5 aromatic rings. The van der Waals surface area contributed by atoms with Gasteiger partial charge >= 0.3 is 0 Å². The van der Waals surface area contributed by atoms with Crippen molar-refractivity contribution in [3.8, 4) is 22.8 Å². The summed E-state index contributed by atoms with van der Waals surface area (Å²) in [6.07, 6.45) is 0. The molecule has 0 unspecified atom stereocenters. The third-order valence-corrected chi connectivity index (χ3v) is 5.67. The Kier molecular flexibility index (Phi) is 4.30. The maximum atomic E-state index is 7.64. The molecule has 158 valence electrons. The van der Waals surface area contributed by atoms with Gasteiger partial charge in [-0.15, -0.1) is 0 Å². The van der Waals surface area contributed by atoms with Crippen LogP contribution in [0.5, 0.6) is 0 Å². The van der Waals surface area contributed by atoms with E-state index in [1.807, 2.05) is 50.2 Å². The molecule has 8 heteroatoms. The second-order valence-electron chi connectivity index (χ2n) is 7.94. The van der Waals surface area contributed by atoms with Gasteiger partial charge in [0.05, 0.1) is 22.1 Å². The summed E-state index contributed by atoms with van der Waals surface area (Å²) in [5.41, 5.74) is 20.0. The molecule has 0 aliphatic carbocycles. The molecule has 3 aromatic carbocycles. The molecule has 0 aliphatic rings. The second kappa shape index (κ2) is 7.05. The van der Waals surface area contributed by atoms with Crippen LogP contribution in [0.1, 0.15) is 22.3 Å². The quantitative estimate of drug-likeness (QED) is 0.191. The topological polar surface area (TPSA) is 157 Å². The third kappa shape index (κ3) is 3.18. The fourth-order valence-electron chi connectivity index (χ4n) is 3.93. The lowest BCUT2D eigenvalue weighted by molar-refractivity contribution is 1.26. The van der Waals surface area contributed by atoms with Gasteiger partial charge in [0.25, 0.3) is 0 Å². The SMILES string of the molecule is Cc1cc(-c2nc3cc(C(=N)N)ccc3[nH]2)c(C)cc1-c1nc2cc(C(=N)N)ccc2[nH]1. The number of rotatable bonds is 4. The van der Waals surface area contributed by atoms with Gasteiger partial charge in [-0.3, -0.25) is 10.8 Å². The second-order valence-corrected chi connectivity index (χ2v) is 7.94. The Labute approximate surface area is 183 Å². The Bertz CT molecular complexity index is 1440. The van der Waals surface area contributed by atoms with Crippen molar-refractivity contribution in [3.63, 3.8) is 0 Å². The fourth-order valence-corrected chi connectivity index (χ4v) is 3.93. The zero-order valence-corrected chi connectivity index (χ0v) is 17.7. The third-order valence-electron chi connectivity index (χ3n) is 5.67. The van der Waals surface area contributed by atoms with Crippen molar-refractivity contribution in [1.29, 1.82) is 10.8 Å². The van der Waals surface area contributed by atoms with Gasteiger partial charge < -0.3 is 21.4 Å². The van der Waals surface area contributed by atoms with Crippen molar-refractivity contribution >= 4 is 33.7 Å². The first kappa shape index (κ1) is 19.5. The first-order valence-corrected chi connectivity index (χ1v) is 10.1. The van der Waals surface area contributed by atoms with Gasteiger partial charge in [0.15, 0.2) is 0 Å². The zero-order valence-electron chi connectivity index (χ0n) is 17.7. The Hall–Kier alpha value is -4.46. The van der Waals surface area contributed by atoms with Crippen LogP contribution < -0.4 is 11.5 Å². The summed E-state index contributed by atoms with van der Waals surface area (Å²) in [6, 6.07) is 15.2. The highest BCUT2D eigenvalue weighted by molar-refractivity contribution is 5.99. The smallest absolute Gasteiger partial charge is 0.138 e. The van der Waals surface area contributed by atoms with Crippen molar-refractivity contribution in [2.45, 2.75) is 13.8 Å². The molecule has 0 fully saturated rings.